The van der Waals surface area contributed by atoms with E-state index >= 15 is 0 Å². The Balaban J connectivity index is 1.67. The fourth-order valence-corrected chi connectivity index (χ4v) is 2.28. The maximum atomic E-state index is 4.33. The molecule has 0 aliphatic carbocycles. The van der Waals surface area contributed by atoms with E-state index in [4.69, 9.17) is 0 Å². The topological polar surface area (TPSA) is 59.7 Å². The normalized spacial score (nSPS) is 16.7. The molecule has 1 saturated heterocycles. The van der Waals surface area contributed by atoms with E-state index in [-0.39, 0.29) is 0 Å². The van der Waals surface area contributed by atoms with Crippen LogP contribution >= 0.6 is 11.5 Å². The van der Waals surface area contributed by atoms with Gasteiger partial charge in [0.25, 0.3) is 0 Å². The highest BCUT2D eigenvalue weighted by molar-refractivity contribution is 7.09. The molecule has 0 unspecified atom stereocenters. The Morgan fingerprint density at radius 1 is 1.33 bits per heavy atom. The van der Waals surface area contributed by atoms with Crippen molar-refractivity contribution in [3.8, 4) is 0 Å². The molecule has 1 aliphatic rings. The van der Waals surface area contributed by atoms with E-state index in [9.17, 15) is 0 Å². The van der Waals surface area contributed by atoms with Gasteiger partial charge in [-0.1, -0.05) is 0 Å². The van der Waals surface area contributed by atoms with E-state index in [1.54, 1.807) is 17.2 Å². The molecule has 1 fully saturated rings. The van der Waals surface area contributed by atoms with Gasteiger partial charge in [-0.05, 0) is 6.92 Å². The van der Waals surface area contributed by atoms with E-state index < -0.39 is 0 Å². The Bertz CT molecular complexity index is 443. The monoisotopic (exact) mass is 222 g/mol. The summed E-state index contributed by atoms with van der Waals surface area (Å²) in [6.45, 7) is 3.75. The molecule has 0 saturated carbocycles. The minimum atomic E-state index is 0.379. The third-order valence-electron chi connectivity index (χ3n) is 2.41. The summed E-state index contributed by atoms with van der Waals surface area (Å²) >= 11 is 1.45. The standard InChI is InChI=1S/C8H10N6S/c1-6-11-8(15-12-6)13-4-7(5-13)14-9-2-3-10-14/h2-3,7H,4-5H2,1H3. The first-order chi connectivity index (χ1) is 7.33. The summed E-state index contributed by atoms with van der Waals surface area (Å²) in [6.07, 6.45) is 3.41. The van der Waals surface area contributed by atoms with Crippen molar-refractivity contribution < 1.29 is 0 Å². The number of aromatic nitrogens is 5. The Labute approximate surface area is 90.7 Å². The van der Waals surface area contributed by atoms with Crippen LogP contribution in [0.3, 0.4) is 0 Å². The second-order valence-electron chi connectivity index (χ2n) is 3.53. The molecule has 15 heavy (non-hydrogen) atoms. The highest BCUT2D eigenvalue weighted by atomic mass is 32.1. The van der Waals surface area contributed by atoms with E-state index in [0.717, 1.165) is 24.0 Å². The van der Waals surface area contributed by atoms with Crippen LogP contribution in [0.2, 0.25) is 0 Å². The second kappa shape index (κ2) is 3.27. The Morgan fingerprint density at radius 3 is 2.67 bits per heavy atom. The molecular formula is C8H10N6S. The van der Waals surface area contributed by atoms with Crippen LogP contribution in [0.25, 0.3) is 0 Å². The molecule has 0 atom stereocenters. The van der Waals surface area contributed by atoms with Crippen LogP contribution in [0, 0.1) is 6.92 Å². The van der Waals surface area contributed by atoms with Crippen LogP contribution in [-0.2, 0) is 0 Å². The van der Waals surface area contributed by atoms with Crippen molar-refractivity contribution >= 4 is 16.7 Å². The van der Waals surface area contributed by atoms with Crippen molar-refractivity contribution in [2.24, 2.45) is 0 Å². The molecule has 0 radical (unpaired) electrons. The van der Waals surface area contributed by atoms with Crippen molar-refractivity contribution in [1.29, 1.82) is 0 Å². The molecular weight excluding hydrogens is 212 g/mol. The summed E-state index contributed by atoms with van der Waals surface area (Å²) in [4.78, 5) is 8.28. The molecule has 1 aliphatic heterocycles. The summed E-state index contributed by atoms with van der Waals surface area (Å²) < 4.78 is 4.16. The number of hydrogen-bond acceptors (Lipinski definition) is 6. The molecule has 6 nitrogen and oxygen atoms in total. The third-order valence-corrected chi connectivity index (χ3v) is 3.28. The van der Waals surface area contributed by atoms with Gasteiger partial charge in [-0.15, -0.1) is 0 Å². The maximum absolute atomic E-state index is 4.33. The van der Waals surface area contributed by atoms with Gasteiger partial charge >= 0.3 is 0 Å². The zero-order chi connectivity index (χ0) is 10.3. The molecule has 0 aromatic carbocycles. The lowest BCUT2D eigenvalue weighted by Crippen LogP contribution is -2.48. The quantitative estimate of drug-likeness (QED) is 0.740. The summed E-state index contributed by atoms with van der Waals surface area (Å²) in [5.74, 6) is 0.843. The van der Waals surface area contributed by atoms with Gasteiger partial charge in [-0.3, -0.25) is 0 Å². The molecule has 2 aromatic rings. The average molecular weight is 222 g/mol. The van der Waals surface area contributed by atoms with Gasteiger partial charge in [0.15, 0.2) is 0 Å². The van der Waals surface area contributed by atoms with Gasteiger partial charge in [0.05, 0.1) is 12.4 Å². The van der Waals surface area contributed by atoms with Gasteiger partial charge < -0.3 is 4.90 Å². The fraction of sp³-hybridized carbons (Fsp3) is 0.500. The SMILES string of the molecule is Cc1nsc(N2CC(n3nccn3)C2)n1. The van der Waals surface area contributed by atoms with Gasteiger partial charge in [-0.25, -0.2) is 4.98 Å². The van der Waals surface area contributed by atoms with Crippen molar-refractivity contribution in [3.63, 3.8) is 0 Å². The van der Waals surface area contributed by atoms with Crippen LogP contribution in [0.15, 0.2) is 12.4 Å². The molecule has 0 N–H and O–H groups in total. The fourth-order valence-electron chi connectivity index (χ4n) is 1.59. The van der Waals surface area contributed by atoms with Gasteiger partial charge in [0, 0.05) is 24.6 Å². The zero-order valence-electron chi connectivity index (χ0n) is 8.24. The number of anilines is 1. The molecule has 3 heterocycles. The van der Waals surface area contributed by atoms with E-state index in [1.165, 1.54) is 11.5 Å². The van der Waals surface area contributed by atoms with Gasteiger partial charge in [0.2, 0.25) is 5.13 Å². The van der Waals surface area contributed by atoms with E-state index in [1.807, 2.05) is 6.92 Å². The molecule has 7 heteroatoms. The summed E-state index contributed by atoms with van der Waals surface area (Å²) in [5, 5.41) is 9.23. The molecule has 0 spiro atoms. The Kier molecular flexibility index (Phi) is 1.91. The summed E-state index contributed by atoms with van der Waals surface area (Å²) in [7, 11) is 0. The largest absolute Gasteiger partial charge is 0.342 e. The van der Waals surface area contributed by atoms with Crippen LogP contribution < -0.4 is 4.90 Å². The predicted octanol–water partition coefficient (Wildman–Crippen LogP) is 0.499. The lowest BCUT2D eigenvalue weighted by molar-refractivity contribution is 0.332. The number of rotatable bonds is 2. The van der Waals surface area contributed by atoms with Crippen molar-refractivity contribution in [3.05, 3.63) is 18.2 Å². The first-order valence-electron chi connectivity index (χ1n) is 4.74. The first-order valence-corrected chi connectivity index (χ1v) is 5.51. The Hall–Kier alpha value is -1.50. The number of nitrogens with zero attached hydrogens (tertiary/aromatic N) is 6. The molecule has 2 aromatic heterocycles. The second-order valence-corrected chi connectivity index (χ2v) is 4.26. The van der Waals surface area contributed by atoms with E-state index in [2.05, 4.69) is 24.5 Å². The third kappa shape index (κ3) is 1.48. The zero-order valence-corrected chi connectivity index (χ0v) is 9.05. The molecule has 0 bridgehead atoms. The lowest BCUT2D eigenvalue weighted by Gasteiger charge is -2.37. The molecule has 3 rings (SSSR count). The number of hydrogen-bond donors (Lipinski definition) is 0. The minimum absolute atomic E-state index is 0.379. The molecule has 78 valence electrons. The van der Waals surface area contributed by atoms with Crippen molar-refractivity contribution in [1.82, 2.24) is 24.4 Å². The maximum Gasteiger partial charge on any atom is 0.205 e. The highest BCUT2D eigenvalue weighted by Gasteiger charge is 2.31. The number of aryl methyl sites for hydroxylation is 1. The first kappa shape index (κ1) is 8.78. The predicted molar refractivity (Wildman–Crippen MR) is 55.9 cm³/mol. The van der Waals surface area contributed by atoms with Crippen LogP contribution in [0.4, 0.5) is 5.13 Å². The van der Waals surface area contributed by atoms with Gasteiger partial charge in [0.1, 0.15) is 11.9 Å². The van der Waals surface area contributed by atoms with Crippen LogP contribution in [0.1, 0.15) is 11.9 Å². The minimum Gasteiger partial charge on any atom is -0.342 e. The van der Waals surface area contributed by atoms with E-state index in [0.29, 0.717) is 6.04 Å². The van der Waals surface area contributed by atoms with Crippen molar-refractivity contribution in [2.75, 3.05) is 18.0 Å². The Morgan fingerprint density at radius 2 is 2.07 bits per heavy atom. The van der Waals surface area contributed by atoms with Crippen molar-refractivity contribution in [2.45, 2.75) is 13.0 Å². The average Bonchev–Trinajstić information content (AvgIpc) is 2.74. The molecule has 0 amide bonds. The lowest BCUT2D eigenvalue weighted by atomic mass is 10.1. The van der Waals surface area contributed by atoms with Crippen LogP contribution in [-0.4, -0.2) is 37.4 Å². The highest BCUT2D eigenvalue weighted by Crippen LogP contribution is 2.27. The smallest absolute Gasteiger partial charge is 0.205 e. The summed E-state index contributed by atoms with van der Waals surface area (Å²) in [5.41, 5.74) is 0. The van der Waals surface area contributed by atoms with Crippen LogP contribution in [0.5, 0.6) is 0 Å². The summed E-state index contributed by atoms with van der Waals surface area (Å²) in [6, 6.07) is 0.379. The van der Waals surface area contributed by atoms with Gasteiger partial charge in [-0.2, -0.15) is 19.4 Å².